The quantitative estimate of drug-likeness (QED) is 0.0357. The number of carbonyl (C=O) groups is 1. The molecule has 0 atom stereocenters. The lowest BCUT2D eigenvalue weighted by Gasteiger charge is -2.19. The maximum Gasteiger partial charge on any atom is 0.429 e. The van der Waals surface area contributed by atoms with Crippen molar-refractivity contribution in [2.45, 2.75) is 102 Å². The molecular weight excluding hydrogens is 824 g/mol. The van der Waals surface area contributed by atoms with E-state index in [0.717, 1.165) is 101 Å². The Morgan fingerprint density at radius 2 is 0.700 bits per heavy atom. The van der Waals surface area contributed by atoms with Crippen LogP contribution in [0.3, 0.4) is 0 Å². The van der Waals surface area contributed by atoms with Crippen molar-refractivity contribution in [3.8, 4) is 23.0 Å². The topological polar surface area (TPSA) is 54.0 Å². The van der Waals surface area contributed by atoms with E-state index in [-0.39, 0.29) is 54.8 Å². The van der Waals surface area contributed by atoms with Gasteiger partial charge in [0.2, 0.25) is 0 Å². The summed E-state index contributed by atoms with van der Waals surface area (Å²) < 4.78 is 186. The molecule has 4 rings (SSSR count). The molecule has 4 aromatic rings. The molecule has 17 heteroatoms. The third-order valence-electron chi connectivity index (χ3n) is 9.15. The lowest BCUT2D eigenvalue weighted by atomic mass is 10.0. The number of halogens is 12. The van der Waals surface area contributed by atoms with E-state index >= 15 is 0 Å². The molecule has 0 fully saturated rings. The number of carbonyl (C=O) groups excluding carboxylic acids is 1. The van der Waals surface area contributed by atoms with Crippen LogP contribution in [-0.4, -0.2) is 19.0 Å². The number of alkyl halides is 4. The van der Waals surface area contributed by atoms with Gasteiger partial charge in [-0.2, -0.15) is 17.6 Å². The molecule has 0 N–H and O–H groups in total. The Labute approximate surface area is 338 Å². The minimum absolute atomic E-state index is 0.00776. The molecule has 60 heavy (non-hydrogen) atoms. The van der Waals surface area contributed by atoms with Gasteiger partial charge in [-0.1, -0.05) is 51.4 Å². The van der Waals surface area contributed by atoms with Gasteiger partial charge < -0.3 is 18.9 Å². The second kappa shape index (κ2) is 22.5. The largest absolute Gasteiger partial charge is 0.493 e. The second-order valence-electron chi connectivity index (χ2n) is 13.9. The van der Waals surface area contributed by atoms with E-state index < -0.39 is 81.4 Å². The number of rotatable bonds is 26. The summed E-state index contributed by atoms with van der Waals surface area (Å²) >= 11 is 0. The molecule has 0 heterocycles. The van der Waals surface area contributed by atoms with Crippen LogP contribution in [0.2, 0.25) is 0 Å². The zero-order valence-corrected chi connectivity index (χ0v) is 32.2. The average molecular weight is 867 g/mol. The zero-order valence-electron chi connectivity index (χ0n) is 32.2. The number of unbranched alkanes of at least 4 members (excludes halogenated alkanes) is 10. The highest BCUT2D eigenvalue weighted by Crippen LogP contribution is 2.37. The van der Waals surface area contributed by atoms with Gasteiger partial charge >= 0.3 is 12.2 Å². The average Bonchev–Trinajstić information content (AvgIpc) is 3.17. The third kappa shape index (κ3) is 14.6. The van der Waals surface area contributed by atoms with Crippen molar-refractivity contribution < 1.29 is 76.4 Å². The highest BCUT2D eigenvalue weighted by molar-refractivity contribution is 5.78. The summed E-state index contributed by atoms with van der Waals surface area (Å²) in [6.07, 6.45) is 1.95. The molecule has 0 aliphatic carbocycles. The molecule has 0 spiro atoms. The molecule has 0 unspecified atom stereocenters. The predicted octanol–water partition coefficient (Wildman–Crippen LogP) is 13.5. The maximum atomic E-state index is 14.5. The SMILES string of the molecule is O=C(CCCCCCCCOc1ccc(C(F)(F)Oc2cc(F)c(F)c(F)c2)c(F)c1)CCCCCCCCOc1ccc(C(F)(F)Oc2cc(F)c(F)c(F)c2)c(F)c1. The van der Waals surface area contributed by atoms with Gasteiger partial charge in [0.1, 0.15) is 51.5 Å². The molecule has 0 saturated heterocycles. The standard InChI is InChI=1S/C43H42F12O5/c44-34-21-28(15-17-32(34)42(52,53)59-30-23-36(46)40(50)37(47)24-30)57-19-11-7-3-1-5-9-13-27(56)14-10-6-2-4-8-12-20-58-29-16-18-33(35(45)22-29)43(54,55)60-31-25-38(48)41(51)39(49)26-31/h15-18,21-26H,1-14,19-20H2. The first-order valence-electron chi connectivity index (χ1n) is 19.3. The minimum Gasteiger partial charge on any atom is -0.493 e. The fourth-order valence-corrected chi connectivity index (χ4v) is 6.00. The Morgan fingerprint density at radius 3 is 1.03 bits per heavy atom. The Balaban J connectivity index is 0.976. The molecule has 0 aliphatic heterocycles. The summed E-state index contributed by atoms with van der Waals surface area (Å²) in [4.78, 5) is 12.2. The normalized spacial score (nSPS) is 11.8. The maximum absolute atomic E-state index is 14.5. The lowest BCUT2D eigenvalue weighted by molar-refractivity contribution is -0.188. The highest BCUT2D eigenvalue weighted by atomic mass is 19.3. The fourth-order valence-electron chi connectivity index (χ4n) is 6.00. The lowest BCUT2D eigenvalue weighted by Crippen LogP contribution is -2.23. The summed E-state index contributed by atoms with van der Waals surface area (Å²) in [5.74, 6) is -15.3. The van der Waals surface area contributed by atoms with Crippen molar-refractivity contribution in [3.63, 3.8) is 0 Å². The van der Waals surface area contributed by atoms with Crippen LogP contribution in [0.5, 0.6) is 23.0 Å². The summed E-state index contributed by atoms with van der Waals surface area (Å²) in [7, 11) is 0. The molecule has 0 bridgehead atoms. The Bertz CT molecular complexity index is 1840. The van der Waals surface area contributed by atoms with E-state index in [1.807, 2.05) is 0 Å². The van der Waals surface area contributed by atoms with Gasteiger partial charge in [0.15, 0.2) is 34.9 Å². The van der Waals surface area contributed by atoms with E-state index in [1.165, 1.54) is 0 Å². The zero-order chi connectivity index (χ0) is 43.9. The highest BCUT2D eigenvalue weighted by Gasteiger charge is 2.39. The molecule has 0 aliphatic rings. The fraction of sp³-hybridized carbons (Fsp3) is 0.419. The third-order valence-corrected chi connectivity index (χ3v) is 9.15. The van der Waals surface area contributed by atoms with Crippen molar-refractivity contribution in [1.29, 1.82) is 0 Å². The first kappa shape index (κ1) is 47.6. The minimum atomic E-state index is -4.32. The van der Waals surface area contributed by atoms with Crippen LogP contribution in [0, 0.1) is 46.5 Å². The Kier molecular flexibility index (Phi) is 17.8. The van der Waals surface area contributed by atoms with Crippen LogP contribution in [0.25, 0.3) is 0 Å². The van der Waals surface area contributed by atoms with Gasteiger partial charge in [0, 0.05) is 49.2 Å². The van der Waals surface area contributed by atoms with Crippen LogP contribution in [0.4, 0.5) is 52.7 Å². The van der Waals surface area contributed by atoms with Gasteiger partial charge in [0.25, 0.3) is 0 Å². The molecule has 328 valence electrons. The molecular formula is C43H42F12O5. The second-order valence-corrected chi connectivity index (χ2v) is 13.9. The van der Waals surface area contributed by atoms with Crippen molar-refractivity contribution in [3.05, 3.63) is 118 Å². The van der Waals surface area contributed by atoms with Gasteiger partial charge in [-0.05, 0) is 49.9 Å². The number of hydrogen-bond acceptors (Lipinski definition) is 5. The van der Waals surface area contributed by atoms with Crippen LogP contribution < -0.4 is 18.9 Å². The van der Waals surface area contributed by atoms with Crippen molar-refractivity contribution in [2.75, 3.05) is 13.2 Å². The van der Waals surface area contributed by atoms with Crippen LogP contribution in [-0.2, 0) is 17.0 Å². The first-order chi connectivity index (χ1) is 28.5. The Hall–Kier alpha value is -5.09. The van der Waals surface area contributed by atoms with E-state index in [9.17, 15) is 57.5 Å². The molecule has 5 nitrogen and oxygen atoms in total. The van der Waals surface area contributed by atoms with E-state index in [2.05, 4.69) is 9.47 Å². The van der Waals surface area contributed by atoms with Crippen LogP contribution >= 0.6 is 0 Å². The van der Waals surface area contributed by atoms with Crippen molar-refractivity contribution in [2.24, 2.45) is 0 Å². The predicted molar refractivity (Wildman–Crippen MR) is 195 cm³/mol. The number of benzene rings is 4. The summed E-state index contributed by atoms with van der Waals surface area (Å²) in [5, 5.41) is 0. The van der Waals surface area contributed by atoms with Gasteiger partial charge in [-0.25, -0.2) is 35.1 Å². The number of ketones is 1. The smallest absolute Gasteiger partial charge is 0.429 e. The first-order valence-corrected chi connectivity index (χ1v) is 19.3. The molecule has 0 radical (unpaired) electrons. The molecule has 0 amide bonds. The number of Topliss-reactive ketones (excluding diaryl/α,β-unsaturated/α-hetero) is 1. The molecule has 0 aromatic heterocycles. The van der Waals surface area contributed by atoms with E-state index in [1.54, 1.807) is 0 Å². The molecule has 4 aromatic carbocycles. The number of ether oxygens (including phenoxy) is 4. The summed E-state index contributed by atoms with van der Waals surface area (Å²) in [6, 6.07) is 5.97. The van der Waals surface area contributed by atoms with Crippen LogP contribution in [0.15, 0.2) is 60.7 Å². The van der Waals surface area contributed by atoms with Crippen molar-refractivity contribution in [1.82, 2.24) is 0 Å². The summed E-state index contributed by atoms with van der Waals surface area (Å²) in [5.41, 5.74) is -2.42. The summed E-state index contributed by atoms with van der Waals surface area (Å²) in [6.45, 7) is 0.399. The molecule has 0 saturated carbocycles. The van der Waals surface area contributed by atoms with E-state index in [0.29, 0.717) is 25.7 Å². The van der Waals surface area contributed by atoms with Crippen molar-refractivity contribution >= 4 is 5.78 Å². The van der Waals surface area contributed by atoms with Gasteiger partial charge in [-0.15, -0.1) is 0 Å². The van der Waals surface area contributed by atoms with Gasteiger partial charge in [0.05, 0.1) is 13.2 Å². The number of hydrogen-bond donors (Lipinski definition) is 0. The van der Waals surface area contributed by atoms with Crippen LogP contribution in [0.1, 0.15) is 101 Å². The Morgan fingerprint density at radius 1 is 0.400 bits per heavy atom. The monoisotopic (exact) mass is 866 g/mol. The van der Waals surface area contributed by atoms with Gasteiger partial charge in [-0.3, -0.25) is 4.79 Å². The van der Waals surface area contributed by atoms with E-state index in [4.69, 9.17) is 9.47 Å².